The zero-order valence-corrected chi connectivity index (χ0v) is 9.00. The Balaban J connectivity index is 2.20. The summed E-state index contributed by atoms with van der Waals surface area (Å²) in [6, 6.07) is 5.06. The fourth-order valence-corrected chi connectivity index (χ4v) is 1.89. The van der Waals surface area contributed by atoms with E-state index >= 15 is 0 Å². The van der Waals surface area contributed by atoms with Crippen LogP contribution in [0.1, 0.15) is 11.7 Å². The van der Waals surface area contributed by atoms with Gasteiger partial charge in [0.25, 0.3) is 0 Å². The number of hydrogen-bond donors (Lipinski definition) is 1. The lowest BCUT2D eigenvalue weighted by Gasteiger charge is -2.32. The van der Waals surface area contributed by atoms with Crippen LogP contribution in [-0.4, -0.2) is 42.1 Å². The van der Waals surface area contributed by atoms with Crippen LogP contribution >= 0.6 is 0 Å². The van der Waals surface area contributed by atoms with Gasteiger partial charge in [-0.2, -0.15) is 0 Å². The van der Waals surface area contributed by atoms with Crippen LogP contribution in [0.25, 0.3) is 0 Å². The molecule has 2 N–H and O–H groups in total. The first-order chi connectivity index (χ1) is 7.79. The molecule has 1 saturated heterocycles. The van der Waals surface area contributed by atoms with E-state index in [4.69, 9.17) is 10.5 Å². The van der Waals surface area contributed by atoms with Gasteiger partial charge in [0.15, 0.2) is 0 Å². The quantitative estimate of drug-likeness (QED) is 0.776. The Labute approximate surface area is 94.2 Å². The number of hydrogen-bond acceptors (Lipinski definition) is 4. The Morgan fingerprint density at radius 3 is 2.75 bits per heavy atom. The van der Waals surface area contributed by atoms with Crippen molar-refractivity contribution in [2.24, 2.45) is 5.73 Å². The minimum atomic E-state index is -0.440. The molecule has 0 unspecified atom stereocenters. The van der Waals surface area contributed by atoms with Crippen molar-refractivity contribution in [3.05, 3.63) is 30.1 Å². The van der Waals surface area contributed by atoms with E-state index in [1.807, 2.05) is 23.1 Å². The highest BCUT2D eigenvalue weighted by Gasteiger charge is 2.27. The van der Waals surface area contributed by atoms with Crippen LogP contribution in [0.5, 0.6) is 0 Å². The molecule has 1 aromatic rings. The van der Waals surface area contributed by atoms with Crippen LogP contribution in [0.15, 0.2) is 24.4 Å². The largest absolute Gasteiger partial charge is 0.379 e. The van der Waals surface area contributed by atoms with Crippen molar-refractivity contribution >= 4 is 5.91 Å². The average molecular weight is 221 g/mol. The molecule has 1 amide bonds. The number of rotatable bonds is 3. The molecule has 5 heteroatoms. The molecule has 5 nitrogen and oxygen atoms in total. The Bertz CT molecular complexity index is 350. The number of primary amides is 1. The van der Waals surface area contributed by atoms with Crippen LogP contribution in [-0.2, 0) is 9.53 Å². The summed E-state index contributed by atoms with van der Waals surface area (Å²) in [5.41, 5.74) is 6.14. The SMILES string of the molecule is NC(=O)[C@H](c1ccccn1)N1CCOCC1. The van der Waals surface area contributed by atoms with E-state index in [2.05, 4.69) is 4.98 Å². The molecule has 2 rings (SSSR count). The van der Waals surface area contributed by atoms with Crippen molar-refractivity contribution < 1.29 is 9.53 Å². The molecule has 0 saturated carbocycles. The van der Waals surface area contributed by atoms with Crippen molar-refractivity contribution in [1.29, 1.82) is 0 Å². The Morgan fingerprint density at radius 2 is 2.19 bits per heavy atom. The van der Waals surface area contributed by atoms with Gasteiger partial charge in [-0.3, -0.25) is 14.7 Å². The van der Waals surface area contributed by atoms with Crippen molar-refractivity contribution in [2.75, 3.05) is 26.3 Å². The number of morpholine rings is 1. The standard InChI is InChI=1S/C11H15N3O2/c12-11(15)10(9-3-1-2-4-13-9)14-5-7-16-8-6-14/h1-4,10H,5-8H2,(H2,12,15)/t10-/m0/s1. The monoisotopic (exact) mass is 221 g/mol. The molecule has 1 aromatic heterocycles. The predicted octanol–water partition coefficient (Wildman–Crippen LogP) is -0.0598. The fraction of sp³-hybridized carbons (Fsp3) is 0.455. The number of ether oxygens (including phenoxy) is 1. The van der Waals surface area contributed by atoms with Crippen molar-refractivity contribution in [3.8, 4) is 0 Å². The molecule has 0 aromatic carbocycles. The number of nitrogens with two attached hydrogens (primary N) is 1. The zero-order valence-electron chi connectivity index (χ0n) is 9.00. The minimum absolute atomic E-state index is 0.361. The number of pyridine rings is 1. The number of nitrogens with zero attached hydrogens (tertiary/aromatic N) is 2. The van der Waals surface area contributed by atoms with Gasteiger partial charge >= 0.3 is 0 Å². The lowest BCUT2D eigenvalue weighted by molar-refractivity contribution is -0.125. The summed E-state index contributed by atoms with van der Waals surface area (Å²) in [4.78, 5) is 17.7. The van der Waals surface area contributed by atoms with E-state index in [9.17, 15) is 4.79 Å². The molecule has 1 aliphatic rings. The third-order valence-corrected chi connectivity index (χ3v) is 2.65. The summed E-state index contributed by atoms with van der Waals surface area (Å²) in [5, 5.41) is 0. The molecule has 1 fully saturated rings. The predicted molar refractivity (Wildman–Crippen MR) is 58.6 cm³/mol. The van der Waals surface area contributed by atoms with Crippen LogP contribution < -0.4 is 5.73 Å². The summed E-state index contributed by atoms with van der Waals surface area (Å²) in [6.45, 7) is 2.70. The first kappa shape index (κ1) is 11.0. The molecule has 2 heterocycles. The van der Waals surface area contributed by atoms with E-state index in [0.717, 1.165) is 0 Å². The van der Waals surface area contributed by atoms with Crippen molar-refractivity contribution in [3.63, 3.8) is 0 Å². The molecule has 0 aliphatic carbocycles. The first-order valence-electron chi connectivity index (χ1n) is 5.31. The van der Waals surface area contributed by atoms with Gasteiger partial charge in [-0.1, -0.05) is 6.07 Å². The summed E-state index contributed by atoms with van der Waals surface area (Å²) < 4.78 is 5.25. The first-order valence-corrected chi connectivity index (χ1v) is 5.31. The van der Waals surface area contributed by atoms with Gasteiger partial charge in [0.1, 0.15) is 6.04 Å². The average Bonchev–Trinajstić information content (AvgIpc) is 2.31. The zero-order chi connectivity index (χ0) is 11.4. The second-order valence-electron chi connectivity index (χ2n) is 3.71. The molecule has 0 bridgehead atoms. The van der Waals surface area contributed by atoms with Gasteiger partial charge in [-0.15, -0.1) is 0 Å². The van der Waals surface area contributed by atoms with Crippen molar-refractivity contribution in [2.45, 2.75) is 6.04 Å². The number of amides is 1. The number of carbonyl (C=O) groups is 1. The topological polar surface area (TPSA) is 68.5 Å². The summed E-state index contributed by atoms with van der Waals surface area (Å²) in [6.07, 6.45) is 1.67. The number of carbonyl (C=O) groups excluding carboxylic acids is 1. The smallest absolute Gasteiger partial charge is 0.241 e. The van der Waals surface area contributed by atoms with E-state index in [1.54, 1.807) is 6.20 Å². The summed E-state index contributed by atoms with van der Waals surface area (Å²) in [5.74, 6) is -0.361. The second kappa shape index (κ2) is 5.05. The van der Waals surface area contributed by atoms with Gasteiger partial charge in [0, 0.05) is 19.3 Å². The lowest BCUT2D eigenvalue weighted by Crippen LogP contribution is -2.44. The van der Waals surface area contributed by atoms with Crippen LogP contribution in [0.2, 0.25) is 0 Å². The van der Waals surface area contributed by atoms with Crippen molar-refractivity contribution in [1.82, 2.24) is 9.88 Å². The van der Waals surface area contributed by atoms with Gasteiger partial charge in [-0.25, -0.2) is 0 Å². The maximum atomic E-state index is 11.5. The Kier molecular flexibility index (Phi) is 3.48. The van der Waals surface area contributed by atoms with E-state index in [1.165, 1.54) is 0 Å². The Hall–Kier alpha value is -1.46. The highest BCUT2D eigenvalue weighted by molar-refractivity contribution is 5.80. The summed E-state index contributed by atoms with van der Waals surface area (Å²) >= 11 is 0. The van der Waals surface area contributed by atoms with Crippen LogP contribution in [0.3, 0.4) is 0 Å². The molecule has 86 valence electrons. The van der Waals surface area contributed by atoms with Gasteiger partial charge in [0.2, 0.25) is 5.91 Å². The summed E-state index contributed by atoms with van der Waals surface area (Å²) in [7, 11) is 0. The van der Waals surface area contributed by atoms with Gasteiger partial charge in [0.05, 0.1) is 18.9 Å². The highest BCUT2D eigenvalue weighted by atomic mass is 16.5. The highest BCUT2D eigenvalue weighted by Crippen LogP contribution is 2.19. The maximum Gasteiger partial charge on any atom is 0.241 e. The maximum absolute atomic E-state index is 11.5. The molecular weight excluding hydrogens is 206 g/mol. The van der Waals surface area contributed by atoms with E-state index in [-0.39, 0.29) is 5.91 Å². The molecule has 0 spiro atoms. The van der Waals surface area contributed by atoms with Gasteiger partial charge in [-0.05, 0) is 12.1 Å². The molecule has 16 heavy (non-hydrogen) atoms. The van der Waals surface area contributed by atoms with E-state index in [0.29, 0.717) is 32.0 Å². The third kappa shape index (κ3) is 2.37. The molecular formula is C11H15N3O2. The molecule has 1 aliphatic heterocycles. The van der Waals surface area contributed by atoms with Crippen LogP contribution in [0, 0.1) is 0 Å². The van der Waals surface area contributed by atoms with Crippen LogP contribution in [0.4, 0.5) is 0 Å². The second-order valence-corrected chi connectivity index (χ2v) is 3.71. The minimum Gasteiger partial charge on any atom is -0.379 e. The number of aromatic nitrogens is 1. The van der Waals surface area contributed by atoms with Gasteiger partial charge < -0.3 is 10.5 Å². The Morgan fingerprint density at radius 1 is 1.44 bits per heavy atom. The normalized spacial score (nSPS) is 19.2. The fourth-order valence-electron chi connectivity index (χ4n) is 1.89. The molecule has 1 atom stereocenters. The third-order valence-electron chi connectivity index (χ3n) is 2.65. The van der Waals surface area contributed by atoms with E-state index < -0.39 is 6.04 Å². The molecule has 0 radical (unpaired) electrons. The lowest BCUT2D eigenvalue weighted by atomic mass is 10.1.